The van der Waals surface area contributed by atoms with Gasteiger partial charge in [-0.2, -0.15) is 17.6 Å². The van der Waals surface area contributed by atoms with Gasteiger partial charge in [0.15, 0.2) is 11.6 Å². The summed E-state index contributed by atoms with van der Waals surface area (Å²) < 4.78 is 187. The summed E-state index contributed by atoms with van der Waals surface area (Å²) in [5.41, 5.74) is -4.44. The minimum absolute atomic E-state index is 0.0274. The Morgan fingerprint density at radius 2 is 1.26 bits per heavy atom. The molecule has 0 heterocycles. The van der Waals surface area contributed by atoms with Gasteiger partial charge in [0.25, 0.3) is 6.08 Å². The summed E-state index contributed by atoms with van der Waals surface area (Å²) in [6.45, 7) is 0. The summed E-state index contributed by atoms with van der Waals surface area (Å²) in [6, 6.07) is 4.70. The van der Waals surface area contributed by atoms with E-state index in [1.807, 2.05) is 0 Å². The largest absolute Gasteiger partial charge is 0.573 e. The highest BCUT2D eigenvalue weighted by molar-refractivity contribution is 6.31. The van der Waals surface area contributed by atoms with Gasteiger partial charge in [-0.3, -0.25) is 0 Å². The SMILES string of the molecule is FC(F)=CCCc1cc(F)c(-c2cc(F)c(C(F)(F)Oc3ccc(-c4cc(F)c(OC(F)(F)F)c(F)c4)c(F)c3)c(Cl)c2)c(F)c1. The highest BCUT2D eigenvalue weighted by Crippen LogP contribution is 2.42. The van der Waals surface area contributed by atoms with Crippen LogP contribution in [0.3, 0.4) is 0 Å². The van der Waals surface area contributed by atoms with Gasteiger partial charge in [0.1, 0.15) is 34.6 Å². The van der Waals surface area contributed by atoms with Gasteiger partial charge >= 0.3 is 12.5 Å². The standard InChI is InChI=1S/C30H14ClF13O2/c31-18-8-15(26-20(33)6-13(7-21(26)34)2-1-3-25(38)39)11-22(35)27(18)29(40,41)45-16-4-5-17(19(32)12-16)14-9-23(36)28(24(37)10-14)46-30(42,43)44/h3-12H,1-2H2. The maximum atomic E-state index is 15.0. The lowest BCUT2D eigenvalue weighted by molar-refractivity contribution is -0.276. The van der Waals surface area contributed by atoms with Crippen molar-refractivity contribution in [2.45, 2.75) is 25.3 Å². The molecule has 244 valence electrons. The van der Waals surface area contributed by atoms with E-state index in [1.165, 1.54) is 0 Å². The van der Waals surface area contributed by atoms with E-state index in [9.17, 15) is 48.3 Å². The first-order chi connectivity index (χ1) is 21.4. The van der Waals surface area contributed by atoms with Gasteiger partial charge in [-0.05, 0) is 84.1 Å². The van der Waals surface area contributed by atoms with Crippen molar-refractivity contribution in [1.82, 2.24) is 0 Å². The molecule has 0 fully saturated rings. The molecule has 0 saturated heterocycles. The highest BCUT2D eigenvalue weighted by Gasteiger charge is 2.41. The molecule has 0 saturated carbocycles. The third-order valence-electron chi connectivity index (χ3n) is 6.17. The molecule has 4 aromatic rings. The number of rotatable bonds is 9. The van der Waals surface area contributed by atoms with Crippen LogP contribution >= 0.6 is 11.6 Å². The zero-order valence-corrected chi connectivity index (χ0v) is 23.1. The second-order valence-corrected chi connectivity index (χ2v) is 9.77. The Bertz CT molecular complexity index is 1750. The van der Waals surface area contributed by atoms with E-state index in [1.54, 1.807) is 0 Å². The van der Waals surface area contributed by atoms with Crippen molar-refractivity contribution in [1.29, 1.82) is 0 Å². The van der Waals surface area contributed by atoms with Crippen LogP contribution in [0.15, 0.2) is 66.8 Å². The van der Waals surface area contributed by atoms with Crippen LogP contribution < -0.4 is 9.47 Å². The first-order valence-electron chi connectivity index (χ1n) is 12.5. The lowest BCUT2D eigenvalue weighted by atomic mass is 9.98. The molecule has 0 aliphatic carbocycles. The summed E-state index contributed by atoms with van der Waals surface area (Å²) in [6.07, 6.45) is -12.0. The predicted molar refractivity (Wildman–Crippen MR) is 138 cm³/mol. The fourth-order valence-electron chi connectivity index (χ4n) is 4.31. The summed E-state index contributed by atoms with van der Waals surface area (Å²) >= 11 is 5.84. The Morgan fingerprint density at radius 3 is 1.78 bits per heavy atom. The van der Waals surface area contributed by atoms with Crippen molar-refractivity contribution in [3.8, 4) is 33.8 Å². The smallest absolute Gasteiger partial charge is 0.429 e. The van der Waals surface area contributed by atoms with Crippen LogP contribution in [0.4, 0.5) is 57.1 Å². The number of aryl methyl sites for hydroxylation is 1. The van der Waals surface area contributed by atoms with E-state index >= 15 is 8.78 Å². The normalized spacial score (nSPS) is 11.9. The van der Waals surface area contributed by atoms with Gasteiger partial charge in [-0.15, -0.1) is 13.2 Å². The van der Waals surface area contributed by atoms with Crippen molar-refractivity contribution in [2.24, 2.45) is 0 Å². The van der Waals surface area contributed by atoms with Crippen LogP contribution in [0.25, 0.3) is 22.3 Å². The van der Waals surface area contributed by atoms with Crippen LogP contribution in [0.5, 0.6) is 11.5 Å². The number of ether oxygens (including phenoxy) is 2. The Hall–Kier alpha value is -4.40. The minimum atomic E-state index is -5.45. The molecule has 0 radical (unpaired) electrons. The number of allylic oxidation sites excluding steroid dienone is 1. The molecule has 0 aromatic heterocycles. The number of hydrogen-bond donors (Lipinski definition) is 0. The summed E-state index contributed by atoms with van der Waals surface area (Å²) in [4.78, 5) is 0. The first kappa shape index (κ1) is 34.5. The second-order valence-electron chi connectivity index (χ2n) is 9.36. The molecule has 4 aromatic carbocycles. The zero-order valence-electron chi connectivity index (χ0n) is 22.3. The van der Waals surface area contributed by atoms with Gasteiger partial charge in [0, 0.05) is 11.6 Å². The number of alkyl halides is 5. The number of halogens is 14. The van der Waals surface area contributed by atoms with Gasteiger partial charge in [0.05, 0.1) is 10.6 Å². The monoisotopic (exact) mass is 688 g/mol. The molecule has 0 atom stereocenters. The average molecular weight is 689 g/mol. The van der Waals surface area contributed by atoms with Crippen LogP contribution in [-0.4, -0.2) is 6.36 Å². The molecule has 0 unspecified atom stereocenters. The van der Waals surface area contributed by atoms with Crippen molar-refractivity contribution < 1.29 is 66.5 Å². The quantitative estimate of drug-likeness (QED) is 0.163. The van der Waals surface area contributed by atoms with Crippen molar-refractivity contribution >= 4 is 11.6 Å². The number of benzene rings is 4. The van der Waals surface area contributed by atoms with Crippen LogP contribution in [0.2, 0.25) is 5.02 Å². The molecule has 0 N–H and O–H groups in total. The van der Waals surface area contributed by atoms with Crippen LogP contribution in [0, 0.1) is 34.9 Å². The summed E-state index contributed by atoms with van der Waals surface area (Å²) in [5.74, 6) is -12.3. The Balaban J connectivity index is 1.60. The topological polar surface area (TPSA) is 18.5 Å². The average Bonchev–Trinajstić information content (AvgIpc) is 2.89. The lowest BCUT2D eigenvalue weighted by Gasteiger charge is -2.21. The summed E-state index contributed by atoms with van der Waals surface area (Å²) in [5, 5.41) is -1.07. The fourth-order valence-corrected chi connectivity index (χ4v) is 4.63. The minimum Gasteiger partial charge on any atom is -0.429 e. The second kappa shape index (κ2) is 13.1. The molecule has 16 heteroatoms. The predicted octanol–water partition coefficient (Wildman–Crippen LogP) is 11.2. The van der Waals surface area contributed by atoms with E-state index in [0.717, 1.165) is 12.1 Å². The van der Waals surface area contributed by atoms with Crippen LogP contribution in [-0.2, 0) is 12.5 Å². The first-order valence-corrected chi connectivity index (χ1v) is 12.8. The third kappa shape index (κ3) is 7.87. The van der Waals surface area contributed by atoms with E-state index in [-0.39, 0.29) is 18.4 Å². The molecule has 0 bridgehead atoms. The molecule has 0 aliphatic rings. The lowest BCUT2D eigenvalue weighted by Crippen LogP contribution is -2.24. The van der Waals surface area contributed by atoms with Gasteiger partial charge in [-0.25, -0.2) is 26.3 Å². The Morgan fingerprint density at radius 1 is 0.674 bits per heavy atom. The van der Waals surface area contributed by atoms with Gasteiger partial charge in [-0.1, -0.05) is 11.6 Å². The Kier molecular flexibility index (Phi) is 9.85. The summed E-state index contributed by atoms with van der Waals surface area (Å²) in [7, 11) is 0. The third-order valence-corrected chi connectivity index (χ3v) is 6.47. The molecule has 4 rings (SSSR count). The number of hydrogen-bond acceptors (Lipinski definition) is 2. The molecule has 0 aliphatic heterocycles. The van der Waals surface area contributed by atoms with Gasteiger partial charge in [0.2, 0.25) is 5.75 Å². The van der Waals surface area contributed by atoms with Crippen molar-refractivity contribution in [3.63, 3.8) is 0 Å². The molecular formula is C30H14ClF13O2. The van der Waals surface area contributed by atoms with E-state index in [4.69, 9.17) is 11.6 Å². The van der Waals surface area contributed by atoms with E-state index in [0.29, 0.717) is 48.5 Å². The maximum Gasteiger partial charge on any atom is 0.573 e. The Labute approximate surface area is 255 Å². The highest BCUT2D eigenvalue weighted by atomic mass is 35.5. The van der Waals surface area contributed by atoms with Crippen molar-refractivity contribution in [2.75, 3.05) is 0 Å². The van der Waals surface area contributed by atoms with E-state index < -0.39 is 97.8 Å². The maximum absolute atomic E-state index is 15.0. The van der Waals surface area contributed by atoms with Gasteiger partial charge < -0.3 is 9.47 Å². The molecule has 46 heavy (non-hydrogen) atoms. The fraction of sp³-hybridized carbons (Fsp3) is 0.133. The molecular weight excluding hydrogens is 675 g/mol. The van der Waals surface area contributed by atoms with E-state index in [2.05, 4.69) is 9.47 Å². The molecule has 0 spiro atoms. The van der Waals surface area contributed by atoms with Crippen LogP contribution in [0.1, 0.15) is 17.5 Å². The molecule has 2 nitrogen and oxygen atoms in total. The van der Waals surface area contributed by atoms with Crippen molar-refractivity contribution in [3.05, 3.63) is 118 Å². The zero-order chi connectivity index (χ0) is 34.1. The molecule has 0 amide bonds.